The van der Waals surface area contributed by atoms with Gasteiger partial charge in [-0.25, -0.2) is 0 Å². The fourth-order valence-corrected chi connectivity index (χ4v) is 2.59. The Morgan fingerprint density at radius 1 is 0.842 bits per heavy atom. The van der Waals surface area contributed by atoms with Crippen molar-refractivity contribution in [3.8, 4) is 0 Å². The molecular formula is C17H18OS. The van der Waals surface area contributed by atoms with Gasteiger partial charge in [-0.2, -0.15) is 0 Å². The Morgan fingerprint density at radius 3 is 1.74 bits per heavy atom. The second-order valence-electron chi connectivity index (χ2n) is 5.56. The van der Waals surface area contributed by atoms with Crippen LogP contribution in [0.15, 0.2) is 58.3 Å². The number of carbonyl (C=O) groups excluding carboxylic acids is 1. The maximum absolute atomic E-state index is 10.6. The molecular weight excluding hydrogens is 252 g/mol. The van der Waals surface area contributed by atoms with Gasteiger partial charge in [-0.15, -0.1) is 0 Å². The van der Waals surface area contributed by atoms with E-state index >= 15 is 0 Å². The lowest BCUT2D eigenvalue weighted by molar-refractivity contribution is 0.112. The van der Waals surface area contributed by atoms with Crippen LogP contribution in [-0.2, 0) is 5.41 Å². The smallest absolute Gasteiger partial charge is 0.150 e. The zero-order valence-corrected chi connectivity index (χ0v) is 12.3. The maximum atomic E-state index is 10.6. The standard InChI is InChI=1S/C17H18OS/c1-17(2,3)14-6-10-16(11-7-14)19-15-8-4-13(12-18)5-9-15/h4-12H,1-3H3. The zero-order chi connectivity index (χ0) is 13.9. The van der Waals surface area contributed by atoms with Crippen molar-refractivity contribution < 1.29 is 4.79 Å². The molecule has 98 valence electrons. The number of rotatable bonds is 3. The molecule has 0 unspecified atom stereocenters. The number of carbonyl (C=O) groups is 1. The molecule has 0 amide bonds. The van der Waals surface area contributed by atoms with Crippen molar-refractivity contribution >= 4 is 18.0 Å². The predicted octanol–water partition coefficient (Wildman–Crippen LogP) is 4.95. The molecule has 0 aliphatic rings. The first-order valence-corrected chi connectivity index (χ1v) is 7.14. The summed E-state index contributed by atoms with van der Waals surface area (Å²) in [4.78, 5) is 13.0. The van der Waals surface area contributed by atoms with E-state index in [9.17, 15) is 4.79 Å². The Kier molecular flexibility index (Phi) is 4.11. The normalized spacial score (nSPS) is 11.3. The summed E-state index contributed by atoms with van der Waals surface area (Å²) in [5.41, 5.74) is 2.25. The Labute approximate surface area is 119 Å². The number of benzene rings is 2. The van der Waals surface area contributed by atoms with Crippen molar-refractivity contribution in [3.63, 3.8) is 0 Å². The summed E-state index contributed by atoms with van der Waals surface area (Å²) in [6.07, 6.45) is 0.868. The average Bonchev–Trinajstić information content (AvgIpc) is 2.39. The minimum atomic E-state index is 0.189. The minimum Gasteiger partial charge on any atom is -0.298 e. The molecule has 0 spiro atoms. The summed E-state index contributed by atoms with van der Waals surface area (Å²) >= 11 is 1.71. The molecule has 0 saturated carbocycles. The van der Waals surface area contributed by atoms with Gasteiger partial charge in [-0.05, 0) is 35.2 Å². The summed E-state index contributed by atoms with van der Waals surface area (Å²) in [5, 5.41) is 0. The third kappa shape index (κ3) is 3.71. The maximum Gasteiger partial charge on any atom is 0.150 e. The molecule has 1 nitrogen and oxygen atoms in total. The Morgan fingerprint density at radius 2 is 1.32 bits per heavy atom. The first-order chi connectivity index (χ1) is 8.99. The van der Waals surface area contributed by atoms with E-state index in [4.69, 9.17) is 0 Å². The van der Waals surface area contributed by atoms with Gasteiger partial charge in [-0.1, -0.05) is 56.8 Å². The summed E-state index contributed by atoms with van der Waals surface area (Å²) in [6.45, 7) is 6.65. The monoisotopic (exact) mass is 270 g/mol. The van der Waals surface area contributed by atoms with Gasteiger partial charge in [-0.3, -0.25) is 4.79 Å². The fraction of sp³-hybridized carbons (Fsp3) is 0.235. The molecule has 0 atom stereocenters. The van der Waals surface area contributed by atoms with E-state index in [1.165, 1.54) is 10.5 Å². The Bertz CT molecular complexity index is 547. The summed E-state index contributed by atoms with van der Waals surface area (Å²) < 4.78 is 0. The van der Waals surface area contributed by atoms with E-state index in [1.54, 1.807) is 11.8 Å². The minimum absolute atomic E-state index is 0.189. The van der Waals surface area contributed by atoms with Crippen molar-refractivity contribution in [1.82, 2.24) is 0 Å². The zero-order valence-electron chi connectivity index (χ0n) is 11.5. The van der Waals surface area contributed by atoms with Crippen molar-refractivity contribution in [2.24, 2.45) is 0 Å². The van der Waals surface area contributed by atoms with Crippen LogP contribution < -0.4 is 0 Å². The molecule has 0 heterocycles. The van der Waals surface area contributed by atoms with E-state index in [-0.39, 0.29) is 5.41 Å². The van der Waals surface area contributed by atoms with Crippen LogP contribution in [0, 0.1) is 0 Å². The quantitative estimate of drug-likeness (QED) is 0.734. The van der Waals surface area contributed by atoms with Gasteiger partial charge in [0, 0.05) is 15.4 Å². The van der Waals surface area contributed by atoms with Crippen molar-refractivity contribution in [2.75, 3.05) is 0 Å². The topological polar surface area (TPSA) is 17.1 Å². The van der Waals surface area contributed by atoms with Gasteiger partial charge in [0.1, 0.15) is 6.29 Å². The van der Waals surface area contributed by atoms with Crippen molar-refractivity contribution in [3.05, 3.63) is 59.7 Å². The van der Waals surface area contributed by atoms with E-state index in [0.717, 1.165) is 11.2 Å². The summed E-state index contributed by atoms with van der Waals surface area (Å²) in [6, 6.07) is 16.3. The average molecular weight is 270 g/mol. The molecule has 0 aliphatic heterocycles. The number of aldehydes is 1. The highest BCUT2D eigenvalue weighted by atomic mass is 32.2. The lowest BCUT2D eigenvalue weighted by Crippen LogP contribution is -2.10. The van der Waals surface area contributed by atoms with E-state index in [0.29, 0.717) is 5.56 Å². The van der Waals surface area contributed by atoms with E-state index in [2.05, 4.69) is 45.0 Å². The Balaban J connectivity index is 2.12. The molecule has 0 aliphatic carbocycles. The highest BCUT2D eigenvalue weighted by Crippen LogP contribution is 2.30. The SMILES string of the molecule is CC(C)(C)c1ccc(Sc2ccc(C=O)cc2)cc1. The molecule has 19 heavy (non-hydrogen) atoms. The molecule has 0 saturated heterocycles. The molecule has 2 aromatic rings. The van der Waals surface area contributed by atoms with Crippen LogP contribution in [0.25, 0.3) is 0 Å². The van der Waals surface area contributed by atoms with Gasteiger partial charge < -0.3 is 0 Å². The van der Waals surface area contributed by atoms with Gasteiger partial charge in [0.25, 0.3) is 0 Å². The third-order valence-corrected chi connectivity index (χ3v) is 3.99. The van der Waals surface area contributed by atoms with E-state index in [1.807, 2.05) is 24.3 Å². The van der Waals surface area contributed by atoms with Gasteiger partial charge in [0.05, 0.1) is 0 Å². The van der Waals surface area contributed by atoms with Crippen molar-refractivity contribution in [2.45, 2.75) is 36.0 Å². The molecule has 2 aromatic carbocycles. The first-order valence-electron chi connectivity index (χ1n) is 6.33. The van der Waals surface area contributed by atoms with Gasteiger partial charge in [0.2, 0.25) is 0 Å². The number of hydrogen-bond donors (Lipinski definition) is 0. The second-order valence-corrected chi connectivity index (χ2v) is 6.71. The largest absolute Gasteiger partial charge is 0.298 e. The first kappa shape index (κ1) is 13.9. The summed E-state index contributed by atoms with van der Waals surface area (Å²) in [7, 11) is 0. The molecule has 0 radical (unpaired) electrons. The molecule has 2 rings (SSSR count). The third-order valence-electron chi connectivity index (χ3n) is 2.97. The van der Waals surface area contributed by atoms with Crippen LogP contribution in [0.4, 0.5) is 0 Å². The van der Waals surface area contributed by atoms with E-state index < -0.39 is 0 Å². The lowest BCUT2D eigenvalue weighted by atomic mass is 9.87. The molecule has 0 bridgehead atoms. The van der Waals surface area contributed by atoms with Crippen LogP contribution in [-0.4, -0.2) is 6.29 Å². The molecule has 0 N–H and O–H groups in total. The van der Waals surface area contributed by atoms with Crippen LogP contribution in [0.1, 0.15) is 36.7 Å². The predicted molar refractivity (Wildman–Crippen MR) is 81.1 cm³/mol. The summed E-state index contributed by atoms with van der Waals surface area (Å²) in [5.74, 6) is 0. The molecule has 2 heteroatoms. The lowest BCUT2D eigenvalue weighted by Gasteiger charge is -2.19. The van der Waals surface area contributed by atoms with Crippen LogP contribution in [0.3, 0.4) is 0 Å². The second kappa shape index (κ2) is 5.62. The Hall–Kier alpha value is -1.54. The highest BCUT2D eigenvalue weighted by Gasteiger charge is 2.12. The van der Waals surface area contributed by atoms with Gasteiger partial charge in [0.15, 0.2) is 0 Å². The van der Waals surface area contributed by atoms with Crippen LogP contribution >= 0.6 is 11.8 Å². The number of hydrogen-bond acceptors (Lipinski definition) is 2. The highest BCUT2D eigenvalue weighted by molar-refractivity contribution is 7.99. The molecule has 0 fully saturated rings. The van der Waals surface area contributed by atoms with Crippen LogP contribution in [0.2, 0.25) is 0 Å². The van der Waals surface area contributed by atoms with Crippen molar-refractivity contribution in [1.29, 1.82) is 0 Å². The van der Waals surface area contributed by atoms with Crippen LogP contribution in [0.5, 0.6) is 0 Å². The fourth-order valence-electron chi connectivity index (χ4n) is 1.77. The van der Waals surface area contributed by atoms with Gasteiger partial charge >= 0.3 is 0 Å². The molecule has 0 aromatic heterocycles.